The van der Waals surface area contributed by atoms with Crippen LogP contribution in [0.2, 0.25) is 0 Å². The standard InChI is InChI=1S/C77H150O17P2/c1-67(2)53-45-37-29-21-14-10-9-11-17-26-35-43-51-59-76(81)93-72(63-87-74(79)57-49-41-33-25-16-13-12-15-22-30-38-46-54-68(3)4)65-91-95(83,84)89-61-71(78)62-90-96(85,86)92-66-73(64-88-75(80)58-50-42-34-28-20-24-32-40-48-56-70(7)8)94-77(82)60-52-44-36-27-19-18-23-31-39-47-55-69(5)6/h67-73,78H,9-66H2,1-8H3,(H,83,84)(H,85,86)/t71-,72-,73-/m1/s1. The number of carbonyl (C=O) groups excluding carboxylic acids is 4. The summed E-state index contributed by atoms with van der Waals surface area (Å²) in [5.74, 6) is 0.946. The third kappa shape index (κ3) is 70.5. The molecule has 0 aliphatic carbocycles. The van der Waals surface area contributed by atoms with Gasteiger partial charge in [-0.3, -0.25) is 37.3 Å². The van der Waals surface area contributed by atoms with Crippen molar-refractivity contribution in [1.29, 1.82) is 0 Å². The molecule has 0 aliphatic rings. The van der Waals surface area contributed by atoms with Gasteiger partial charge in [0.05, 0.1) is 26.4 Å². The Bertz CT molecular complexity index is 1880. The molecule has 0 rings (SSSR count). The van der Waals surface area contributed by atoms with E-state index in [4.69, 9.17) is 37.0 Å². The summed E-state index contributed by atoms with van der Waals surface area (Å²) in [6.07, 6.45) is 51.2. The predicted octanol–water partition coefficient (Wildman–Crippen LogP) is 22.4. The van der Waals surface area contributed by atoms with Crippen LogP contribution in [0.15, 0.2) is 0 Å². The van der Waals surface area contributed by atoms with Crippen molar-refractivity contribution in [2.75, 3.05) is 39.6 Å². The lowest BCUT2D eigenvalue weighted by Crippen LogP contribution is -2.30. The van der Waals surface area contributed by atoms with Gasteiger partial charge in [0.25, 0.3) is 0 Å². The first-order valence-corrected chi connectivity index (χ1v) is 42.7. The van der Waals surface area contributed by atoms with Gasteiger partial charge in [0, 0.05) is 25.7 Å². The highest BCUT2D eigenvalue weighted by atomic mass is 31.2. The second-order valence-corrected chi connectivity index (χ2v) is 32.6. The molecule has 0 bridgehead atoms. The normalized spacial score (nSPS) is 14.1. The van der Waals surface area contributed by atoms with E-state index in [2.05, 4.69) is 55.4 Å². The minimum Gasteiger partial charge on any atom is -0.462 e. The zero-order valence-electron chi connectivity index (χ0n) is 63.0. The number of phosphoric ester groups is 2. The fourth-order valence-corrected chi connectivity index (χ4v) is 13.3. The molecule has 19 heteroatoms. The number of unbranched alkanes of at least 4 members (excludes halogenated alkanes) is 40. The van der Waals surface area contributed by atoms with Gasteiger partial charge in [0.15, 0.2) is 12.2 Å². The Kier molecular flexibility index (Phi) is 65.0. The van der Waals surface area contributed by atoms with Gasteiger partial charge in [-0.1, -0.05) is 338 Å². The van der Waals surface area contributed by atoms with Gasteiger partial charge in [0.1, 0.15) is 19.3 Å². The molecular formula is C77H150O17P2. The Morgan fingerprint density at radius 3 is 0.646 bits per heavy atom. The molecule has 17 nitrogen and oxygen atoms in total. The molecule has 0 spiro atoms. The first kappa shape index (κ1) is 94.1. The number of hydrogen-bond acceptors (Lipinski definition) is 15. The van der Waals surface area contributed by atoms with E-state index in [0.29, 0.717) is 25.7 Å². The molecule has 96 heavy (non-hydrogen) atoms. The Balaban J connectivity index is 5.27. The molecular weight excluding hydrogens is 1260 g/mol. The molecule has 570 valence electrons. The highest BCUT2D eigenvalue weighted by Crippen LogP contribution is 2.45. The maximum absolute atomic E-state index is 13.1. The van der Waals surface area contributed by atoms with Gasteiger partial charge in [-0.15, -0.1) is 0 Å². The van der Waals surface area contributed by atoms with E-state index in [1.807, 2.05) is 0 Å². The van der Waals surface area contributed by atoms with E-state index in [1.54, 1.807) is 0 Å². The fraction of sp³-hybridized carbons (Fsp3) is 0.948. The van der Waals surface area contributed by atoms with Gasteiger partial charge in [-0.2, -0.15) is 0 Å². The number of ether oxygens (including phenoxy) is 4. The average Bonchev–Trinajstić information content (AvgIpc) is 2.10. The summed E-state index contributed by atoms with van der Waals surface area (Å²) >= 11 is 0. The van der Waals surface area contributed by atoms with Gasteiger partial charge in [-0.05, 0) is 49.4 Å². The van der Waals surface area contributed by atoms with Crippen LogP contribution in [-0.2, 0) is 65.4 Å². The lowest BCUT2D eigenvalue weighted by atomic mass is 10.0. The van der Waals surface area contributed by atoms with Crippen LogP contribution in [0.4, 0.5) is 0 Å². The summed E-state index contributed by atoms with van der Waals surface area (Å²) in [7, 11) is -9.92. The third-order valence-corrected chi connectivity index (χ3v) is 19.7. The molecule has 0 aromatic heterocycles. The van der Waals surface area contributed by atoms with Gasteiger partial charge >= 0.3 is 39.5 Å². The molecule has 0 radical (unpaired) electrons. The van der Waals surface area contributed by atoms with Crippen LogP contribution in [0.1, 0.15) is 389 Å². The number of aliphatic hydroxyl groups excluding tert-OH is 1. The van der Waals surface area contributed by atoms with Crippen LogP contribution in [0.25, 0.3) is 0 Å². The van der Waals surface area contributed by atoms with E-state index < -0.39 is 97.5 Å². The maximum atomic E-state index is 13.1. The van der Waals surface area contributed by atoms with Crippen molar-refractivity contribution in [2.45, 2.75) is 408 Å². The third-order valence-electron chi connectivity index (χ3n) is 17.8. The fourth-order valence-electron chi connectivity index (χ4n) is 11.7. The minimum absolute atomic E-state index is 0.105. The van der Waals surface area contributed by atoms with Crippen LogP contribution in [0.5, 0.6) is 0 Å². The zero-order valence-corrected chi connectivity index (χ0v) is 64.8. The molecule has 2 unspecified atom stereocenters. The number of hydrogen-bond donors (Lipinski definition) is 3. The second kappa shape index (κ2) is 66.3. The van der Waals surface area contributed by atoms with Gasteiger partial charge < -0.3 is 33.8 Å². The van der Waals surface area contributed by atoms with Crippen molar-refractivity contribution < 1.29 is 80.2 Å². The van der Waals surface area contributed by atoms with Crippen molar-refractivity contribution in [3.8, 4) is 0 Å². The van der Waals surface area contributed by atoms with E-state index in [9.17, 15) is 43.2 Å². The molecule has 0 fully saturated rings. The molecule has 0 aliphatic heterocycles. The van der Waals surface area contributed by atoms with E-state index in [1.165, 1.54) is 193 Å². The Labute approximate surface area is 588 Å². The van der Waals surface area contributed by atoms with Crippen molar-refractivity contribution in [3.05, 3.63) is 0 Å². The molecule has 0 aromatic carbocycles. The zero-order chi connectivity index (χ0) is 71.0. The first-order valence-electron chi connectivity index (χ1n) is 39.7. The SMILES string of the molecule is CC(C)CCCCCCCCCCCCCCCC(=O)O[C@H](COC(=O)CCCCCCCCCCCCCCC(C)C)COP(=O)(O)OC[C@@H](O)COP(=O)(O)OC[C@@H](COC(=O)CCCCCCCCCCCC(C)C)OC(=O)CCCCCCCCCCCCC(C)C. The molecule has 0 aromatic rings. The summed E-state index contributed by atoms with van der Waals surface area (Å²) in [6, 6.07) is 0. The second-order valence-electron chi connectivity index (χ2n) is 29.7. The summed E-state index contributed by atoms with van der Waals surface area (Å²) < 4.78 is 68.6. The van der Waals surface area contributed by atoms with Crippen molar-refractivity contribution in [1.82, 2.24) is 0 Å². The Morgan fingerprint density at radius 2 is 0.438 bits per heavy atom. The molecule has 0 amide bonds. The smallest absolute Gasteiger partial charge is 0.462 e. The number of carbonyl (C=O) groups is 4. The number of aliphatic hydroxyl groups is 1. The largest absolute Gasteiger partial charge is 0.472 e. The molecule has 3 N–H and O–H groups in total. The number of phosphoric acid groups is 2. The van der Waals surface area contributed by atoms with Crippen molar-refractivity contribution in [3.63, 3.8) is 0 Å². The van der Waals surface area contributed by atoms with Gasteiger partial charge in [-0.25, -0.2) is 9.13 Å². The maximum Gasteiger partial charge on any atom is 0.472 e. The summed E-state index contributed by atoms with van der Waals surface area (Å²) in [5.41, 5.74) is 0. The van der Waals surface area contributed by atoms with E-state index in [0.717, 1.165) is 114 Å². The summed E-state index contributed by atoms with van der Waals surface area (Å²) in [6.45, 7) is 14.2. The van der Waals surface area contributed by atoms with Gasteiger partial charge in [0.2, 0.25) is 0 Å². The monoisotopic (exact) mass is 1410 g/mol. The summed E-state index contributed by atoms with van der Waals surface area (Å²) in [4.78, 5) is 72.9. The van der Waals surface area contributed by atoms with Crippen LogP contribution < -0.4 is 0 Å². The van der Waals surface area contributed by atoms with Crippen LogP contribution in [-0.4, -0.2) is 96.7 Å². The lowest BCUT2D eigenvalue weighted by Gasteiger charge is -2.21. The Morgan fingerprint density at radius 1 is 0.260 bits per heavy atom. The molecule has 0 heterocycles. The average molecular weight is 1410 g/mol. The first-order chi connectivity index (χ1) is 46.1. The lowest BCUT2D eigenvalue weighted by molar-refractivity contribution is -0.161. The topological polar surface area (TPSA) is 237 Å². The quantitative estimate of drug-likeness (QED) is 0.0222. The number of rotatable bonds is 74. The minimum atomic E-state index is -4.96. The highest BCUT2D eigenvalue weighted by Gasteiger charge is 2.30. The molecule has 0 saturated heterocycles. The van der Waals surface area contributed by atoms with Crippen LogP contribution in [0.3, 0.4) is 0 Å². The van der Waals surface area contributed by atoms with Crippen molar-refractivity contribution >= 4 is 39.5 Å². The number of esters is 4. The molecule has 5 atom stereocenters. The van der Waals surface area contributed by atoms with E-state index in [-0.39, 0.29) is 25.7 Å². The van der Waals surface area contributed by atoms with E-state index >= 15 is 0 Å². The van der Waals surface area contributed by atoms with Crippen LogP contribution in [0, 0.1) is 23.7 Å². The predicted molar refractivity (Wildman–Crippen MR) is 391 cm³/mol. The van der Waals surface area contributed by atoms with Crippen LogP contribution >= 0.6 is 15.6 Å². The Hall–Kier alpha value is -1.94. The molecule has 0 saturated carbocycles. The highest BCUT2D eigenvalue weighted by molar-refractivity contribution is 7.47. The van der Waals surface area contributed by atoms with Crippen molar-refractivity contribution in [2.24, 2.45) is 23.7 Å². The summed E-state index contributed by atoms with van der Waals surface area (Å²) in [5, 5.41) is 10.6.